The first kappa shape index (κ1) is 25.4. The molecule has 0 aromatic heterocycles. The van der Waals surface area contributed by atoms with Gasteiger partial charge in [-0.2, -0.15) is 4.31 Å². The molecule has 37 heavy (non-hydrogen) atoms. The molecule has 9 heteroatoms. The lowest BCUT2D eigenvalue weighted by Crippen LogP contribution is -2.45. The number of para-hydroxylation sites is 1. The van der Waals surface area contributed by atoms with Crippen LogP contribution in [-0.4, -0.2) is 76.0 Å². The van der Waals surface area contributed by atoms with Gasteiger partial charge in [0.1, 0.15) is 0 Å². The van der Waals surface area contributed by atoms with Gasteiger partial charge >= 0.3 is 0 Å². The fourth-order valence-electron chi connectivity index (χ4n) is 4.67. The van der Waals surface area contributed by atoms with E-state index < -0.39 is 10.0 Å². The van der Waals surface area contributed by atoms with Crippen LogP contribution in [0.1, 0.15) is 15.9 Å². The summed E-state index contributed by atoms with van der Waals surface area (Å²) in [6.07, 6.45) is 0. The highest BCUT2D eigenvalue weighted by Crippen LogP contribution is 2.21. The standard InChI is InChI=1S/C28H32N4O4S/c33-28(29-25-10-12-27(13-11-25)37(34,35)32-18-20-36-21-19-32)24-8-6-23(7-9-24)22-30-14-16-31(17-15-30)26-4-2-1-3-5-26/h1-13H,14-22H2,(H,29,33). The van der Waals surface area contributed by atoms with Crippen molar-refractivity contribution in [1.82, 2.24) is 9.21 Å². The molecular weight excluding hydrogens is 488 g/mol. The van der Waals surface area contributed by atoms with Crippen LogP contribution in [-0.2, 0) is 21.3 Å². The predicted molar refractivity (Wildman–Crippen MR) is 144 cm³/mol. The second-order valence-electron chi connectivity index (χ2n) is 9.29. The van der Waals surface area contributed by atoms with Gasteiger partial charge in [-0.05, 0) is 54.1 Å². The van der Waals surface area contributed by atoms with Gasteiger partial charge in [0.25, 0.3) is 5.91 Å². The number of rotatable bonds is 7. The molecule has 2 heterocycles. The lowest BCUT2D eigenvalue weighted by Gasteiger charge is -2.36. The number of piperazine rings is 1. The average molecular weight is 521 g/mol. The van der Waals surface area contributed by atoms with Crippen molar-refractivity contribution in [2.45, 2.75) is 11.4 Å². The van der Waals surface area contributed by atoms with Crippen LogP contribution in [0.2, 0.25) is 0 Å². The van der Waals surface area contributed by atoms with Crippen molar-refractivity contribution in [3.05, 3.63) is 90.0 Å². The molecule has 0 atom stereocenters. The molecular formula is C28H32N4O4S. The van der Waals surface area contributed by atoms with E-state index in [1.165, 1.54) is 27.7 Å². The minimum absolute atomic E-state index is 0.210. The average Bonchev–Trinajstić information content (AvgIpc) is 2.95. The summed E-state index contributed by atoms with van der Waals surface area (Å²) in [4.78, 5) is 17.8. The first-order chi connectivity index (χ1) is 18.0. The molecule has 0 unspecified atom stereocenters. The Morgan fingerprint density at radius 3 is 2.08 bits per heavy atom. The van der Waals surface area contributed by atoms with E-state index in [0.29, 0.717) is 37.6 Å². The van der Waals surface area contributed by atoms with Gasteiger partial charge in [-0.15, -0.1) is 0 Å². The number of anilines is 2. The Labute approximate surface area is 218 Å². The molecule has 2 fully saturated rings. The highest BCUT2D eigenvalue weighted by Gasteiger charge is 2.26. The van der Waals surface area contributed by atoms with Crippen LogP contribution < -0.4 is 10.2 Å². The number of ether oxygens (including phenoxy) is 1. The van der Waals surface area contributed by atoms with Gasteiger partial charge in [-0.25, -0.2) is 8.42 Å². The fraction of sp³-hybridized carbons (Fsp3) is 0.321. The van der Waals surface area contributed by atoms with Crippen molar-refractivity contribution < 1.29 is 17.9 Å². The van der Waals surface area contributed by atoms with Crippen molar-refractivity contribution in [1.29, 1.82) is 0 Å². The molecule has 2 saturated heterocycles. The van der Waals surface area contributed by atoms with E-state index in [1.54, 1.807) is 12.1 Å². The van der Waals surface area contributed by atoms with Gasteiger partial charge in [0.2, 0.25) is 10.0 Å². The molecule has 2 aliphatic rings. The van der Waals surface area contributed by atoms with Crippen LogP contribution in [0, 0.1) is 0 Å². The number of nitrogens with zero attached hydrogens (tertiary/aromatic N) is 3. The van der Waals surface area contributed by atoms with E-state index in [9.17, 15) is 13.2 Å². The van der Waals surface area contributed by atoms with E-state index in [1.807, 2.05) is 30.3 Å². The van der Waals surface area contributed by atoms with Gasteiger partial charge in [0.15, 0.2) is 0 Å². The lowest BCUT2D eigenvalue weighted by atomic mass is 10.1. The summed E-state index contributed by atoms with van der Waals surface area (Å²) in [7, 11) is -3.56. The molecule has 3 aromatic rings. The molecule has 194 valence electrons. The minimum atomic E-state index is -3.56. The zero-order valence-electron chi connectivity index (χ0n) is 20.8. The molecule has 0 spiro atoms. The second-order valence-corrected chi connectivity index (χ2v) is 11.2. The number of carbonyl (C=O) groups is 1. The minimum Gasteiger partial charge on any atom is -0.379 e. The van der Waals surface area contributed by atoms with Gasteiger partial charge in [0, 0.05) is 62.8 Å². The molecule has 0 saturated carbocycles. The Morgan fingerprint density at radius 2 is 1.43 bits per heavy atom. The number of morpholine rings is 1. The summed E-state index contributed by atoms with van der Waals surface area (Å²) in [5, 5.41) is 2.85. The van der Waals surface area contributed by atoms with Crippen molar-refractivity contribution in [3.8, 4) is 0 Å². The quantitative estimate of drug-likeness (QED) is 0.515. The van der Waals surface area contributed by atoms with Crippen LogP contribution in [0.25, 0.3) is 0 Å². The van der Waals surface area contributed by atoms with E-state index >= 15 is 0 Å². The Bertz CT molecular complexity index is 1280. The maximum Gasteiger partial charge on any atom is 0.255 e. The van der Waals surface area contributed by atoms with E-state index in [4.69, 9.17) is 4.74 Å². The summed E-state index contributed by atoms with van der Waals surface area (Å²) in [5.74, 6) is -0.230. The largest absolute Gasteiger partial charge is 0.379 e. The zero-order valence-corrected chi connectivity index (χ0v) is 21.6. The molecule has 0 aliphatic carbocycles. The molecule has 2 aliphatic heterocycles. The summed E-state index contributed by atoms with van der Waals surface area (Å²) in [6.45, 7) is 6.33. The number of amides is 1. The van der Waals surface area contributed by atoms with Crippen LogP contribution in [0.5, 0.6) is 0 Å². The maximum atomic E-state index is 12.8. The topological polar surface area (TPSA) is 82.2 Å². The van der Waals surface area contributed by atoms with Crippen LogP contribution in [0.15, 0.2) is 83.8 Å². The molecule has 1 N–H and O–H groups in total. The van der Waals surface area contributed by atoms with E-state index in [0.717, 1.165) is 32.7 Å². The number of nitrogens with one attached hydrogen (secondary N) is 1. The number of hydrogen-bond acceptors (Lipinski definition) is 6. The molecule has 3 aromatic carbocycles. The van der Waals surface area contributed by atoms with Crippen molar-refractivity contribution >= 4 is 27.3 Å². The van der Waals surface area contributed by atoms with Crippen molar-refractivity contribution in [2.75, 3.05) is 62.7 Å². The highest BCUT2D eigenvalue weighted by molar-refractivity contribution is 7.89. The highest BCUT2D eigenvalue weighted by atomic mass is 32.2. The zero-order chi connectivity index (χ0) is 25.7. The number of benzene rings is 3. The first-order valence-electron chi connectivity index (χ1n) is 12.6. The first-order valence-corrected chi connectivity index (χ1v) is 14.0. The van der Waals surface area contributed by atoms with Crippen LogP contribution in [0.3, 0.4) is 0 Å². The lowest BCUT2D eigenvalue weighted by molar-refractivity contribution is 0.0730. The van der Waals surface area contributed by atoms with Crippen molar-refractivity contribution in [2.24, 2.45) is 0 Å². The van der Waals surface area contributed by atoms with Gasteiger partial charge in [-0.1, -0.05) is 30.3 Å². The normalized spacial score (nSPS) is 17.5. The number of carbonyl (C=O) groups excluding carboxylic acids is 1. The molecule has 5 rings (SSSR count). The third-order valence-corrected chi connectivity index (χ3v) is 8.75. The molecule has 1 amide bonds. The van der Waals surface area contributed by atoms with Gasteiger partial charge < -0.3 is 15.0 Å². The number of hydrogen-bond donors (Lipinski definition) is 1. The summed E-state index contributed by atoms with van der Waals surface area (Å²) >= 11 is 0. The Balaban J connectivity index is 1.13. The SMILES string of the molecule is O=C(Nc1ccc(S(=O)(=O)N2CCOCC2)cc1)c1ccc(CN2CCN(c3ccccc3)CC2)cc1. The Kier molecular flexibility index (Phi) is 7.85. The molecule has 8 nitrogen and oxygen atoms in total. The monoisotopic (exact) mass is 520 g/mol. The predicted octanol–water partition coefficient (Wildman–Crippen LogP) is 3.28. The fourth-order valence-corrected chi connectivity index (χ4v) is 6.08. The third-order valence-electron chi connectivity index (χ3n) is 6.84. The van der Waals surface area contributed by atoms with Gasteiger partial charge in [-0.3, -0.25) is 9.69 Å². The van der Waals surface area contributed by atoms with Crippen molar-refractivity contribution in [3.63, 3.8) is 0 Å². The van der Waals surface area contributed by atoms with E-state index in [-0.39, 0.29) is 10.8 Å². The summed E-state index contributed by atoms with van der Waals surface area (Å²) in [5.41, 5.74) is 3.54. The summed E-state index contributed by atoms with van der Waals surface area (Å²) < 4.78 is 32.2. The smallest absolute Gasteiger partial charge is 0.255 e. The summed E-state index contributed by atoms with van der Waals surface area (Å²) in [6, 6.07) is 24.5. The molecule has 0 radical (unpaired) electrons. The van der Waals surface area contributed by atoms with Crippen LogP contribution >= 0.6 is 0 Å². The third kappa shape index (κ3) is 6.19. The molecule has 0 bridgehead atoms. The van der Waals surface area contributed by atoms with E-state index in [2.05, 4.69) is 39.4 Å². The Morgan fingerprint density at radius 1 is 0.784 bits per heavy atom. The van der Waals surface area contributed by atoms with Gasteiger partial charge in [0.05, 0.1) is 18.1 Å². The maximum absolute atomic E-state index is 12.8. The number of sulfonamides is 1. The van der Waals surface area contributed by atoms with Crippen LogP contribution in [0.4, 0.5) is 11.4 Å². The second kappa shape index (κ2) is 11.4. The Hall–Kier alpha value is -3.24.